The largest absolute Gasteiger partial charge is 0.496 e. The highest BCUT2D eigenvalue weighted by Crippen LogP contribution is 2.46. The molecule has 3 fully saturated rings. The Labute approximate surface area is 250 Å². The Balaban J connectivity index is 1.40. The molecule has 1 amide bonds. The summed E-state index contributed by atoms with van der Waals surface area (Å²) in [7, 11) is 1.57. The van der Waals surface area contributed by atoms with E-state index in [0.717, 1.165) is 60.4 Å². The average Bonchev–Trinajstić information content (AvgIpc) is 3.73. The van der Waals surface area contributed by atoms with Crippen LogP contribution in [0.3, 0.4) is 0 Å². The number of pyridine rings is 1. The predicted octanol–water partition coefficient (Wildman–Crippen LogP) is 8.27. The number of aromatic nitrogens is 1. The first-order valence-corrected chi connectivity index (χ1v) is 14.4. The molecule has 6 rings (SSSR count). The fourth-order valence-electron chi connectivity index (χ4n) is 5.97. The van der Waals surface area contributed by atoms with Gasteiger partial charge in [0.2, 0.25) is 0 Å². The molecule has 2 saturated heterocycles. The number of hydrogen-bond donors (Lipinski definition) is 0. The zero-order chi connectivity index (χ0) is 31.6. The quantitative estimate of drug-likeness (QED) is 0.249. The summed E-state index contributed by atoms with van der Waals surface area (Å²) in [5.41, 5.74) is 0.842. The lowest BCUT2D eigenvalue weighted by Gasteiger charge is -2.33. The van der Waals surface area contributed by atoms with E-state index in [4.69, 9.17) is 14.5 Å². The van der Waals surface area contributed by atoms with Crippen LogP contribution in [-0.2, 0) is 23.6 Å². The van der Waals surface area contributed by atoms with Gasteiger partial charge in [0, 0.05) is 24.2 Å². The molecular weight excluding hydrogens is 588 g/mol. The van der Waals surface area contributed by atoms with E-state index in [1.165, 1.54) is 4.90 Å². The Bertz CT molecular complexity index is 1570. The number of aryl methyl sites for hydroxylation is 1. The van der Waals surface area contributed by atoms with Gasteiger partial charge in [0.05, 0.1) is 36.5 Å². The smallest absolute Gasteiger partial charge is 0.416 e. The molecule has 3 aliphatic rings. The summed E-state index contributed by atoms with van der Waals surface area (Å²) in [4.78, 5) is 21.6. The van der Waals surface area contributed by atoms with Crippen LogP contribution in [0.4, 0.5) is 37.0 Å². The van der Waals surface area contributed by atoms with Crippen LogP contribution in [0.1, 0.15) is 71.7 Å². The molecule has 2 aromatic carbocycles. The summed E-state index contributed by atoms with van der Waals surface area (Å²) >= 11 is 0. The number of benzene rings is 2. The third kappa shape index (κ3) is 5.66. The van der Waals surface area contributed by atoms with Gasteiger partial charge in [0.15, 0.2) is 0 Å². The molecule has 0 unspecified atom stereocenters. The van der Waals surface area contributed by atoms with Crippen LogP contribution < -0.4 is 9.64 Å². The van der Waals surface area contributed by atoms with E-state index in [0.29, 0.717) is 29.5 Å². The molecule has 234 valence electrons. The van der Waals surface area contributed by atoms with Gasteiger partial charge < -0.3 is 14.4 Å². The Morgan fingerprint density at radius 2 is 1.61 bits per heavy atom. The monoisotopic (exact) mass is 619 g/mol. The number of hydrogen-bond acceptors (Lipinski definition) is 5. The topological polar surface area (TPSA) is 54.9 Å². The molecule has 44 heavy (non-hydrogen) atoms. The van der Waals surface area contributed by atoms with Gasteiger partial charge >= 0.3 is 18.4 Å². The highest BCUT2D eigenvalue weighted by molar-refractivity contribution is 5.78. The molecule has 3 heterocycles. The molecule has 1 aliphatic carbocycles. The molecule has 0 spiro atoms. The Hall–Kier alpha value is -3.96. The lowest BCUT2D eigenvalue weighted by Crippen LogP contribution is -2.38. The van der Waals surface area contributed by atoms with Gasteiger partial charge in [-0.3, -0.25) is 4.90 Å². The van der Waals surface area contributed by atoms with Crippen molar-refractivity contribution in [3.63, 3.8) is 0 Å². The molecule has 2 aliphatic heterocycles. The van der Waals surface area contributed by atoms with E-state index in [1.807, 2.05) is 25.1 Å². The second-order valence-electron chi connectivity index (χ2n) is 11.7. The number of carbonyl (C=O) groups is 1. The van der Waals surface area contributed by atoms with E-state index >= 15 is 0 Å². The summed E-state index contributed by atoms with van der Waals surface area (Å²) in [6, 6.07) is 8.39. The zero-order valence-corrected chi connectivity index (χ0v) is 24.4. The number of ether oxygens (including phenoxy) is 2. The van der Waals surface area contributed by atoms with Gasteiger partial charge in [-0.15, -0.1) is 0 Å². The number of methoxy groups -OCH3 is 1. The van der Waals surface area contributed by atoms with Crippen LogP contribution >= 0.6 is 0 Å². The number of anilines is 1. The number of carbonyl (C=O) groups excluding carboxylic acids is 1. The van der Waals surface area contributed by atoms with Crippen LogP contribution in [0.25, 0.3) is 11.1 Å². The molecule has 1 aromatic heterocycles. The highest BCUT2D eigenvalue weighted by Gasteiger charge is 2.44. The fourth-order valence-corrected chi connectivity index (χ4v) is 5.97. The van der Waals surface area contributed by atoms with E-state index < -0.39 is 41.7 Å². The Kier molecular flexibility index (Phi) is 7.44. The van der Waals surface area contributed by atoms with Crippen molar-refractivity contribution in [2.75, 3.05) is 25.1 Å². The number of alkyl halides is 6. The highest BCUT2D eigenvalue weighted by atomic mass is 19.4. The molecule has 3 aromatic rings. The van der Waals surface area contributed by atoms with Crippen molar-refractivity contribution in [1.82, 2.24) is 9.88 Å². The minimum Gasteiger partial charge on any atom is -0.496 e. The van der Waals surface area contributed by atoms with Crippen LogP contribution in [0.15, 0.2) is 42.5 Å². The van der Waals surface area contributed by atoms with E-state index in [1.54, 1.807) is 14.0 Å². The number of rotatable bonds is 7. The average molecular weight is 620 g/mol. The minimum atomic E-state index is -5.02. The van der Waals surface area contributed by atoms with Crippen LogP contribution in [0, 0.1) is 6.92 Å². The normalized spacial score (nSPS) is 20.5. The number of halogens is 6. The second kappa shape index (κ2) is 10.9. The molecule has 1 saturated carbocycles. The van der Waals surface area contributed by atoms with Crippen molar-refractivity contribution in [1.29, 1.82) is 0 Å². The molecule has 2 atom stereocenters. The summed E-state index contributed by atoms with van der Waals surface area (Å²) in [6.45, 7) is 5.07. The number of amides is 1. The molecule has 0 N–H and O–H groups in total. The van der Waals surface area contributed by atoms with Gasteiger partial charge in [-0.05, 0) is 92.1 Å². The number of nitrogens with zero attached hydrogens (tertiary/aromatic N) is 3. The van der Waals surface area contributed by atoms with Crippen molar-refractivity contribution >= 4 is 11.9 Å². The molecule has 12 heteroatoms. The summed E-state index contributed by atoms with van der Waals surface area (Å²) < 4.78 is 92.6. The lowest BCUT2D eigenvalue weighted by molar-refractivity contribution is -0.143. The first-order valence-electron chi connectivity index (χ1n) is 14.4. The van der Waals surface area contributed by atoms with Crippen LogP contribution in [-0.4, -0.2) is 42.2 Å². The van der Waals surface area contributed by atoms with E-state index in [2.05, 4.69) is 11.0 Å². The third-order valence-corrected chi connectivity index (χ3v) is 8.65. The zero-order valence-electron chi connectivity index (χ0n) is 24.4. The molecule has 0 bridgehead atoms. The third-order valence-electron chi connectivity index (χ3n) is 8.65. The summed E-state index contributed by atoms with van der Waals surface area (Å²) in [5.74, 6) is 1.81. The van der Waals surface area contributed by atoms with Gasteiger partial charge in [-0.25, -0.2) is 9.78 Å². The van der Waals surface area contributed by atoms with Crippen molar-refractivity contribution < 1.29 is 40.6 Å². The Morgan fingerprint density at radius 3 is 2.16 bits per heavy atom. The molecular formula is C32H31F6N3O3. The van der Waals surface area contributed by atoms with Crippen molar-refractivity contribution in [2.24, 2.45) is 0 Å². The Morgan fingerprint density at radius 1 is 0.955 bits per heavy atom. The SMILES string of the molecule is COc1ccc(C2CC2)cc1-c1c(C)cc(N2CCC2)nc1CN1C(=O)O[C@H](c2cc(C(F)(F)F)cc(C(F)(F)F)c2)[C@@H]1C. The minimum absolute atomic E-state index is 0.0616. The summed E-state index contributed by atoms with van der Waals surface area (Å²) in [5, 5.41) is 0. The first-order chi connectivity index (χ1) is 20.7. The van der Waals surface area contributed by atoms with Gasteiger partial charge in [0.25, 0.3) is 0 Å². The van der Waals surface area contributed by atoms with Crippen molar-refractivity contribution in [3.05, 3.63) is 76.0 Å². The maximum Gasteiger partial charge on any atom is 0.416 e. The lowest BCUT2D eigenvalue weighted by atomic mass is 9.94. The van der Waals surface area contributed by atoms with Crippen molar-refractivity contribution in [3.8, 4) is 16.9 Å². The molecule has 6 nitrogen and oxygen atoms in total. The van der Waals surface area contributed by atoms with E-state index in [-0.39, 0.29) is 18.2 Å². The fraction of sp³-hybridized carbons (Fsp3) is 0.438. The first kappa shape index (κ1) is 30.1. The van der Waals surface area contributed by atoms with Crippen LogP contribution in [0.2, 0.25) is 0 Å². The second-order valence-corrected chi connectivity index (χ2v) is 11.7. The summed E-state index contributed by atoms with van der Waals surface area (Å²) in [6.07, 6.45) is -9.06. The van der Waals surface area contributed by atoms with E-state index in [9.17, 15) is 31.1 Å². The number of cyclic esters (lactones) is 1. The van der Waals surface area contributed by atoms with Gasteiger partial charge in [0.1, 0.15) is 17.7 Å². The molecule has 0 radical (unpaired) electrons. The van der Waals surface area contributed by atoms with Crippen molar-refractivity contribution in [2.45, 2.75) is 70.1 Å². The van der Waals surface area contributed by atoms with Gasteiger partial charge in [-0.1, -0.05) is 6.07 Å². The standard InChI is InChI=1S/C32H31F6N3O3/c1-17-11-27(40-9-4-10-40)39-25(28(17)24-14-20(19-5-6-19)7-8-26(24)43-3)16-41-18(2)29(44-30(41)42)21-12-22(31(33,34)35)15-23(13-21)32(36,37)38/h7-8,11-15,18-19,29H,4-6,9-10,16H2,1-3H3/t18-,29-/m0/s1. The maximum absolute atomic E-state index is 13.6. The van der Waals surface area contributed by atoms with Crippen LogP contribution in [0.5, 0.6) is 5.75 Å². The maximum atomic E-state index is 13.6. The van der Waals surface area contributed by atoms with Gasteiger partial charge in [-0.2, -0.15) is 26.3 Å². The predicted molar refractivity (Wildman–Crippen MR) is 150 cm³/mol.